The smallest absolute Gasteiger partial charge is 0.255 e. The van der Waals surface area contributed by atoms with Crippen molar-refractivity contribution in [2.75, 3.05) is 25.0 Å². The van der Waals surface area contributed by atoms with Gasteiger partial charge in [-0.1, -0.05) is 25.5 Å². The Labute approximate surface area is 122 Å². The molecular formula is C17H26N2O. The minimum absolute atomic E-state index is 0.179. The predicted molar refractivity (Wildman–Crippen MR) is 84.3 cm³/mol. The van der Waals surface area contributed by atoms with E-state index < -0.39 is 0 Å². The Hall–Kier alpha value is -1.51. The first-order valence-electron chi connectivity index (χ1n) is 7.75. The molecule has 3 nitrogen and oxygen atoms in total. The van der Waals surface area contributed by atoms with E-state index in [1.54, 1.807) is 0 Å². The summed E-state index contributed by atoms with van der Waals surface area (Å²) in [7, 11) is 0. The second kappa shape index (κ2) is 6.78. The topological polar surface area (TPSA) is 32.3 Å². The molecule has 20 heavy (non-hydrogen) atoms. The van der Waals surface area contributed by atoms with Crippen molar-refractivity contribution < 1.29 is 4.79 Å². The second-order valence-electron chi connectivity index (χ2n) is 5.97. The van der Waals surface area contributed by atoms with Crippen molar-refractivity contribution in [3.63, 3.8) is 0 Å². The molecule has 3 heteroatoms. The molecule has 0 bridgehead atoms. The first-order valence-corrected chi connectivity index (χ1v) is 7.75. The van der Waals surface area contributed by atoms with Gasteiger partial charge in [0.15, 0.2) is 0 Å². The molecule has 1 N–H and O–H groups in total. The van der Waals surface area contributed by atoms with Gasteiger partial charge in [-0.05, 0) is 44.2 Å². The maximum atomic E-state index is 12.8. The second-order valence-corrected chi connectivity index (χ2v) is 5.97. The number of carbonyl (C=O) groups excluding carboxylic acids is 1. The molecule has 110 valence electrons. The molecule has 1 atom stereocenters. The largest absolute Gasteiger partial charge is 0.384 e. The lowest BCUT2D eigenvalue weighted by Crippen LogP contribution is -2.39. The molecule has 1 amide bonds. The summed E-state index contributed by atoms with van der Waals surface area (Å²) < 4.78 is 0. The van der Waals surface area contributed by atoms with Crippen LogP contribution in [0.25, 0.3) is 0 Å². The quantitative estimate of drug-likeness (QED) is 0.908. The number of likely N-dealkylation sites (tertiary alicyclic amines) is 1. The summed E-state index contributed by atoms with van der Waals surface area (Å²) in [5, 5.41) is 3.37. The van der Waals surface area contributed by atoms with Gasteiger partial charge in [-0.15, -0.1) is 0 Å². The van der Waals surface area contributed by atoms with Crippen molar-refractivity contribution in [1.82, 2.24) is 4.90 Å². The van der Waals surface area contributed by atoms with Crippen molar-refractivity contribution in [3.05, 3.63) is 29.3 Å². The Morgan fingerprint density at radius 2 is 2.25 bits per heavy atom. The number of carbonyl (C=O) groups is 1. The van der Waals surface area contributed by atoms with E-state index in [9.17, 15) is 4.79 Å². The third-order valence-electron chi connectivity index (χ3n) is 3.92. The van der Waals surface area contributed by atoms with Crippen molar-refractivity contribution in [1.29, 1.82) is 0 Å². The lowest BCUT2D eigenvalue weighted by atomic mass is 9.99. The summed E-state index contributed by atoms with van der Waals surface area (Å²) in [6.07, 6.45) is 3.41. The van der Waals surface area contributed by atoms with E-state index >= 15 is 0 Å². The maximum absolute atomic E-state index is 12.8. The Kier molecular flexibility index (Phi) is 5.05. The van der Waals surface area contributed by atoms with E-state index in [0.717, 1.165) is 49.3 Å². The Balaban J connectivity index is 2.20. The van der Waals surface area contributed by atoms with Gasteiger partial charge in [0.1, 0.15) is 0 Å². The van der Waals surface area contributed by atoms with Gasteiger partial charge in [0.2, 0.25) is 0 Å². The molecule has 0 spiro atoms. The van der Waals surface area contributed by atoms with Crippen LogP contribution in [-0.4, -0.2) is 30.4 Å². The standard InChI is InChI=1S/C17H26N2O/c1-4-9-18-16-8-7-13(2)11-15(16)17(20)19-10-5-6-14(3)12-19/h7-8,11,14,18H,4-6,9-10,12H2,1-3H3. The number of nitrogens with zero attached hydrogens (tertiary/aromatic N) is 1. The van der Waals surface area contributed by atoms with E-state index in [1.165, 1.54) is 6.42 Å². The summed E-state index contributed by atoms with van der Waals surface area (Å²) in [6, 6.07) is 6.11. The fourth-order valence-electron chi connectivity index (χ4n) is 2.79. The molecule has 0 aromatic heterocycles. The Morgan fingerprint density at radius 1 is 1.45 bits per heavy atom. The number of anilines is 1. The highest BCUT2D eigenvalue weighted by Gasteiger charge is 2.23. The number of hydrogen-bond acceptors (Lipinski definition) is 2. The Morgan fingerprint density at radius 3 is 2.95 bits per heavy atom. The molecule has 0 radical (unpaired) electrons. The maximum Gasteiger partial charge on any atom is 0.255 e. The average Bonchev–Trinajstić information content (AvgIpc) is 2.45. The van der Waals surface area contributed by atoms with Gasteiger partial charge in [0, 0.05) is 25.3 Å². The van der Waals surface area contributed by atoms with Crippen LogP contribution in [0.3, 0.4) is 0 Å². The van der Waals surface area contributed by atoms with Gasteiger partial charge in [-0.2, -0.15) is 0 Å². The first kappa shape index (κ1) is 14.9. The minimum atomic E-state index is 0.179. The van der Waals surface area contributed by atoms with Crippen molar-refractivity contribution >= 4 is 11.6 Å². The summed E-state index contributed by atoms with van der Waals surface area (Å²) >= 11 is 0. The zero-order valence-electron chi connectivity index (χ0n) is 12.9. The van der Waals surface area contributed by atoms with Crippen LogP contribution in [0.4, 0.5) is 5.69 Å². The molecule has 1 aromatic rings. The number of nitrogens with one attached hydrogen (secondary N) is 1. The van der Waals surface area contributed by atoms with Crippen molar-refractivity contribution in [2.24, 2.45) is 5.92 Å². The normalized spacial score (nSPS) is 18.9. The van der Waals surface area contributed by atoms with Crippen LogP contribution >= 0.6 is 0 Å². The molecule has 1 aliphatic heterocycles. The van der Waals surface area contributed by atoms with Crippen LogP contribution in [0.5, 0.6) is 0 Å². The fourth-order valence-corrected chi connectivity index (χ4v) is 2.79. The average molecular weight is 274 g/mol. The summed E-state index contributed by atoms with van der Waals surface area (Å²) in [5.74, 6) is 0.795. The van der Waals surface area contributed by atoms with Gasteiger partial charge in [-0.25, -0.2) is 0 Å². The summed E-state index contributed by atoms with van der Waals surface area (Å²) in [4.78, 5) is 14.8. The van der Waals surface area contributed by atoms with Crippen molar-refractivity contribution in [2.45, 2.75) is 40.0 Å². The molecule has 1 unspecified atom stereocenters. The third-order valence-corrected chi connectivity index (χ3v) is 3.92. The number of amides is 1. The predicted octanol–water partition coefficient (Wildman–Crippen LogP) is 3.69. The lowest BCUT2D eigenvalue weighted by molar-refractivity contribution is 0.0684. The number of benzene rings is 1. The van der Waals surface area contributed by atoms with Crippen LogP contribution in [0.2, 0.25) is 0 Å². The molecule has 1 heterocycles. The van der Waals surface area contributed by atoms with Crippen LogP contribution < -0.4 is 5.32 Å². The molecule has 1 saturated heterocycles. The molecular weight excluding hydrogens is 248 g/mol. The number of piperidine rings is 1. The van der Waals surface area contributed by atoms with Crippen LogP contribution in [-0.2, 0) is 0 Å². The van der Waals surface area contributed by atoms with E-state index in [1.807, 2.05) is 24.0 Å². The van der Waals surface area contributed by atoms with Gasteiger partial charge in [0.25, 0.3) is 5.91 Å². The van der Waals surface area contributed by atoms with Gasteiger partial charge < -0.3 is 10.2 Å². The van der Waals surface area contributed by atoms with Gasteiger partial charge >= 0.3 is 0 Å². The molecule has 1 fully saturated rings. The summed E-state index contributed by atoms with van der Waals surface area (Å²) in [5.41, 5.74) is 2.94. The highest BCUT2D eigenvalue weighted by molar-refractivity contribution is 5.99. The van der Waals surface area contributed by atoms with Gasteiger partial charge in [-0.3, -0.25) is 4.79 Å². The third kappa shape index (κ3) is 3.53. The van der Waals surface area contributed by atoms with Gasteiger partial charge in [0.05, 0.1) is 5.56 Å². The molecule has 0 saturated carbocycles. The highest BCUT2D eigenvalue weighted by Crippen LogP contribution is 2.23. The molecule has 0 aliphatic carbocycles. The van der Waals surface area contributed by atoms with E-state index in [2.05, 4.69) is 25.2 Å². The summed E-state index contributed by atoms with van der Waals surface area (Å²) in [6.45, 7) is 9.09. The SMILES string of the molecule is CCCNc1ccc(C)cc1C(=O)N1CCCC(C)C1. The zero-order chi connectivity index (χ0) is 14.5. The van der Waals surface area contributed by atoms with E-state index in [-0.39, 0.29) is 5.91 Å². The minimum Gasteiger partial charge on any atom is -0.384 e. The number of hydrogen-bond donors (Lipinski definition) is 1. The molecule has 1 aromatic carbocycles. The molecule has 2 rings (SSSR count). The van der Waals surface area contributed by atoms with Crippen LogP contribution in [0.1, 0.15) is 49.0 Å². The number of aryl methyl sites for hydroxylation is 1. The van der Waals surface area contributed by atoms with Crippen molar-refractivity contribution in [3.8, 4) is 0 Å². The van der Waals surface area contributed by atoms with Crippen LogP contribution in [0, 0.1) is 12.8 Å². The van der Waals surface area contributed by atoms with Crippen LogP contribution in [0.15, 0.2) is 18.2 Å². The lowest BCUT2D eigenvalue weighted by Gasteiger charge is -2.31. The van der Waals surface area contributed by atoms with E-state index in [0.29, 0.717) is 5.92 Å². The first-order chi connectivity index (χ1) is 9.61. The fraction of sp³-hybridized carbons (Fsp3) is 0.588. The monoisotopic (exact) mass is 274 g/mol. The van der Waals surface area contributed by atoms with E-state index in [4.69, 9.17) is 0 Å². The highest BCUT2D eigenvalue weighted by atomic mass is 16.2. The Bertz CT molecular complexity index is 470. The number of rotatable bonds is 4. The zero-order valence-corrected chi connectivity index (χ0v) is 12.9. The molecule has 1 aliphatic rings.